The number of para-hydroxylation sites is 2. The van der Waals surface area contributed by atoms with E-state index in [-0.39, 0.29) is 10.8 Å². The number of hydrogen-bond donors (Lipinski definition) is 1. The third-order valence-corrected chi connectivity index (χ3v) is 5.65. The average Bonchev–Trinajstić information content (AvgIpc) is 2.62. The normalized spacial score (nSPS) is 13.8. The number of anilines is 2. The van der Waals surface area contributed by atoms with Crippen molar-refractivity contribution in [2.24, 2.45) is 0 Å². The first-order chi connectivity index (χ1) is 12.4. The second kappa shape index (κ2) is 7.37. The fourth-order valence-corrected chi connectivity index (χ4v) is 4.22. The maximum Gasteiger partial charge on any atom is 0.262 e. The molecule has 2 aromatic carbocycles. The predicted molar refractivity (Wildman–Crippen MR) is 101 cm³/mol. The van der Waals surface area contributed by atoms with E-state index >= 15 is 0 Å². The highest BCUT2D eigenvalue weighted by atomic mass is 32.2. The zero-order chi connectivity index (χ0) is 18.7. The van der Waals surface area contributed by atoms with E-state index in [1.165, 1.54) is 13.0 Å². The van der Waals surface area contributed by atoms with Crippen LogP contribution in [0.4, 0.5) is 11.4 Å². The maximum absolute atomic E-state index is 12.8. The summed E-state index contributed by atoms with van der Waals surface area (Å²) in [4.78, 5) is 13.6. The van der Waals surface area contributed by atoms with Crippen LogP contribution in [0, 0.1) is 0 Å². The molecule has 1 heterocycles. The van der Waals surface area contributed by atoms with Gasteiger partial charge in [0.2, 0.25) is 5.91 Å². The van der Waals surface area contributed by atoms with Crippen molar-refractivity contribution in [2.45, 2.75) is 31.6 Å². The number of aryl methyl sites for hydroxylation is 1. The third-order valence-electron chi connectivity index (χ3n) is 4.29. The molecule has 0 spiro atoms. The fraction of sp³-hybridized carbons (Fsp3) is 0.316. The Labute approximate surface area is 153 Å². The quantitative estimate of drug-likeness (QED) is 0.872. The van der Waals surface area contributed by atoms with Crippen molar-refractivity contribution in [3.63, 3.8) is 0 Å². The van der Waals surface area contributed by atoms with Crippen LogP contribution in [-0.4, -0.2) is 27.5 Å². The molecule has 138 valence electrons. The zero-order valence-corrected chi connectivity index (χ0v) is 15.7. The summed E-state index contributed by atoms with van der Waals surface area (Å²) in [5.41, 5.74) is 2.06. The van der Waals surface area contributed by atoms with Crippen LogP contribution >= 0.6 is 0 Å². The smallest absolute Gasteiger partial charge is 0.262 e. The van der Waals surface area contributed by atoms with Crippen LogP contribution in [0.25, 0.3) is 0 Å². The molecular weight excluding hydrogens is 352 g/mol. The molecule has 26 heavy (non-hydrogen) atoms. The first-order valence-corrected chi connectivity index (χ1v) is 10.1. The summed E-state index contributed by atoms with van der Waals surface area (Å²) in [6.45, 7) is 4.47. The number of amides is 1. The summed E-state index contributed by atoms with van der Waals surface area (Å²) >= 11 is 0. The van der Waals surface area contributed by atoms with Gasteiger partial charge in [-0.2, -0.15) is 0 Å². The Morgan fingerprint density at radius 2 is 2.00 bits per heavy atom. The second-order valence-electron chi connectivity index (χ2n) is 6.10. The van der Waals surface area contributed by atoms with Crippen molar-refractivity contribution in [3.05, 3.63) is 48.0 Å². The number of carbonyl (C=O) groups excluding carboxylic acids is 1. The van der Waals surface area contributed by atoms with Gasteiger partial charge in [-0.3, -0.25) is 9.52 Å². The lowest BCUT2D eigenvalue weighted by atomic mass is 10.0. The minimum absolute atomic E-state index is 0.0367. The highest BCUT2D eigenvalue weighted by molar-refractivity contribution is 7.92. The largest absolute Gasteiger partial charge is 0.492 e. The Bertz CT molecular complexity index is 925. The van der Waals surface area contributed by atoms with Gasteiger partial charge in [-0.05, 0) is 55.7 Å². The van der Waals surface area contributed by atoms with Crippen LogP contribution in [-0.2, 0) is 21.2 Å². The molecule has 0 saturated carbocycles. The molecule has 0 unspecified atom stereocenters. The molecule has 3 rings (SSSR count). The minimum Gasteiger partial charge on any atom is -0.492 e. The SMILES string of the molecule is CCOc1ccccc1NS(=O)(=O)c1ccc2c(c1)CCCN2C(C)=O. The molecule has 7 heteroatoms. The molecule has 1 aliphatic heterocycles. The van der Waals surface area contributed by atoms with E-state index in [0.717, 1.165) is 24.1 Å². The van der Waals surface area contributed by atoms with Gasteiger partial charge >= 0.3 is 0 Å². The fourth-order valence-electron chi connectivity index (χ4n) is 3.10. The van der Waals surface area contributed by atoms with Crippen LogP contribution in [0.5, 0.6) is 5.75 Å². The van der Waals surface area contributed by atoms with Crippen molar-refractivity contribution in [3.8, 4) is 5.75 Å². The Hall–Kier alpha value is -2.54. The van der Waals surface area contributed by atoms with Crippen LogP contribution in [0.15, 0.2) is 47.4 Å². The lowest BCUT2D eigenvalue weighted by molar-refractivity contribution is -0.116. The lowest BCUT2D eigenvalue weighted by Crippen LogP contribution is -2.33. The number of nitrogens with one attached hydrogen (secondary N) is 1. The molecule has 1 N–H and O–H groups in total. The molecule has 1 aliphatic rings. The standard InChI is InChI=1S/C19H22N2O4S/c1-3-25-19-9-5-4-8-17(19)20-26(23,24)16-10-11-18-15(13-16)7-6-12-21(18)14(2)22/h4-5,8-11,13,20H,3,6-7,12H2,1-2H3. The molecule has 0 atom stereocenters. The van der Waals surface area contributed by atoms with Crippen LogP contribution in [0.2, 0.25) is 0 Å². The molecule has 6 nitrogen and oxygen atoms in total. The van der Waals surface area contributed by atoms with Gasteiger partial charge in [0.1, 0.15) is 5.75 Å². The first kappa shape index (κ1) is 18.3. The van der Waals surface area contributed by atoms with Gasteiger partial charge in [-0.25, -0.2) is 8.42 Å². The van der Waals surface area contributed by atoms with Crippen molar-refractivity contribution >= 4 is 27.3 Å². The number of rotatable bonds is 5. The van der Waals surface area contributed by atoms with E-state index in [2.05, 4.69) is 4.72 Å². The Balaban J connectivity index is 1.92. The van der Waals surface area contributed by atoms with Gasteiger partial charge in [-0.15, -0.1) is 0 Å². The third kappa shape index (κ3) is 3.67. The van der Waals surface area contributed by atoms with Gasteiger partial charge in [-0.1, -0.05) is 12.1 Å². The minimum atomic E-state index is -3.76. The molecule has 1 amide bonds. The van der Waals surface area contributed by atoms with Gasteiger partial charge < -0.3 is 9.64 Å². The van der Waals surface area contributed by atoms with Gasteiger partial charge in [0.15, 0.2) is 0 Å². The summed E-state index contributed by atoms with van der Waals surface area (Å²) < 4.78 is 33.7. The highest BCUT2D eigenvalue weighted by Gasteiger charge is 2.23. The predicted octanol–water partition coefficient (Wildman–Crippen LogP) is 3.19. The average molecular weight is 374 g/mol. The van der Waals surface area contributed by atoms with Gasteiger partial charge in [0.25, 0.3) is 10.0 Å². The number of carbonyl (C=O) groups is 1. The van der Waals surface area contributed by atoms with Crippen molar-refractivity contribution in [1.29, 1.82) is 0 Å². The summed E-state index contributed by atoms with van der Waals surface area (Å²) in [5.74, 6) is 0.449. The van der Waals surface area contributed by atoms with Crippen LogP contribution in [0.3, 0.4) is 0 Å². The monoisotopic (exact) mass is 374 g/mol. The molecule has 0 radical (unpaired) electrons. The van der Waals surface area contributed by atoms with Crippen molar-refractivity contribution < 1.29 is 17.9 Å². The molecule has 0 fully saturated rings. The number of ether oxygens (including phenoxy) is 1. The molecular formula is C19H22N2O4S. The summed E-state index contributed by atoms with van der Waals surface area (Å²) in [6, 6.07) is 11.8. The summed E-state index contributed by atoms with van der Waals surface area (Å²) in [5, 5.41) is 0. The summed E-state index contributed by atoms with van der Waals surface area (Å²) in [7, 11) is -3.76. The van der Waals surface area contributed by atoms with Crippen LogP contribution in [0.1, 0.15) is 25.8 Å². The van der Waals surface area contributed by atoms with E-state index in [4.69, 9.17) is 4.74 Å². The Morgan fingerprint density at radius 3 is 2.73 bits per heavy atom. The maximum atomic E-state index is 12.8. The number of sulfonamides is 1. The number of hydrogen-bond acceptors (Lipinski definition) is 4. The van der Waals surface area contributed by atoms with Gasteiger partial charge in [0, 0.05) is 19.2 Å². The van der Waals surface area contributed by atoms with Gasteiger partial charge in [0.05, 0.1) is 17.2 Å². The number of nitrogens with zero attached hydrogens (tertiary/aromatic N) is 1. The Morgan fingerprint density at radius 1 is 1.23 bits per heavy atom. The molecule has 0 aliphatic carbocycles. The zero-order valence-electron chi connectivity index (χ0n) is 14.9. The molecule has 2 aromatic rings. The lowest BCUT2D eigenvalue weighted by Gasteiger charge is -2.28. The number of benzene rings is 2. The van der Waals surface area contributed by atoms with Crippen LogP contribution < -0.4 is 14.4 Å². The summed E-state index contributed by atoms with van der Waals surface area (Å²) in [6.07, 6.45) is 1.56. The van der Waals surface area contributed by atoms with Crippen molar-refractivity contribution in [2.75, 3.05) is 22.8 Å². The number of fused-ring (bicyclic) bond motifs is 1. The van der Waals surface area contributed by atoms with E-state index in [9.17, 15) is 13.2 Å². The Kier molecular flexibility index (Phi) is 5.18. The van der Waals surface area contributed by atoms with E-state index in [1.54, 1.807) is 41.3 Å². The highest BCUT2D eigenvalue weighted by Crippen LogP contribution is 2.31. The van der Waals surface area contributed by atoms with Crippen molar-refractivity contribution in [1.82, 2.24) is 0 Å². The van der Waals surface area contributed by atoms with E-state index in [1.807, 2.05) is 6.92 Å². The molecule has 0 bridgehead atoms. The topological polar surface area (TPSA) is 75.7 Å². The molecule has 0 saturated heterocycles. The molecule has 0 aromatic heterocycles. The van der Waals surface area contributed by atoms with E-state index < -0.39 is 10.0 Å². The van der Waals surface area contributed by atoms with E-state index in [0.29, 0.717) is 24.6 Å². The first-order valence-electron chi connectivity index (χ1n) is 8.58. The second-order valence-corrected chi connectivity index (χ2v) is 7.78.